The molecule has 5 nitrogen and oxygen atoms in total. The number of hydrogen-bond acceptors (Lipinski definition) is 3. The van der Waals surface area contributed by atoms with E-state index in [1.807, 2.05) is 48.5 Å². The van der Waals surface area contributed by atoms with Crippen LogP contribution in [0.3, 0.4) is 0 Å². The highest BCUT2D eigenvalue weighted by Gasteiger charge is 2.44. The minimum Gasteiger partial charge on any atom is -0.374 e. The van der Waals surface area contributed by atoms with Crippen molar-refractivity contribution in [2.24, 2.45) is 0 Å². The zero-order valence-corrected chi connectivity index (χ0v) is 16.5. The fraction of sp³-hybridized carbons (Fsp3) is 0.333. The van der Waals surface area contributed by atoms with E-state index in [-0.39, 0.29) is 17.9 Å². The van der Waals surface area contributed by atoms with Crippen LogP contribution in [0, 0.1) is 0 Å². The van der Waals surface area contributed by atoms with Crippen LogP contribution in [-0.4, -0.2) is 36.4 Å². The second-order valence-electron chi connectivity index (χ2n) is 7.72. The van der Waals surface area contributed by atoms with Gasteiger partial charge in [-0.15, -0.1) is 0 Å². The Kier molecular flexibility index (Phi) is 5.49. The van der Waals surface area contributed by atoms with Gasteiger partial charge in [-0.1, -0.05) is 61.2 Å². The van der Waals surface area contributed by atoms with Crippen molar-refractivity contribution in [2.45, 2.75) is 30.9 Å². The van der Waals surface area contributed by atoms with Crippen LogP contribution in [-0.2, 0) is 26.3 Å². The molecule has 4 rings (SSSR count). The normalized spacial score (nSPS) is 20.4. The third-order valence-electron chi connectivity index (χ3n) is 6.14. The molecule has 2 aliphatic rings. The Balaban J connectivity index is 1.60. The number of fused-ring (bicyclic) bond motifs is 1. The lowest BCUT2D eigenvalue weighted by atomic mass is 9.71. The molecule has 0 aliphatic carbocycles. The zero-order chi connectivity index (χ0) is 20.3. The second kappa shape index (κ2) is 8.21. The molecule has 0 bridgehead atoms. The maximum atomic E-state index is 13.7. The lowest BCUT2D eigenvalue weighted by molar-refractivity contribution is -0.134. The largest absolute Gasteiger partial charge is 0.374 e. The Morgan fingerprint density at radius 3 is 2.48 bits per heavy atom. The molecule has 0 saturated carbocycles. The quantitative estimate of drug-likeness (QED) is 0.816. The first kappa shape index (κ1) is 19.4. The summed E-state index contributed by atoms with van der Waals surface area (Å²) in [5.74, 6) is -0.0821. The van der Waals surface area contributed by atoms with Crippen molar-refractivity contribution in [3.8, 4) is 0 Å². The Hall–Kier alpha value is -2.92. The Morgan fingerprint density at radius 2 is 1.76 bits per heavy atom. The van der Waals surface area contributed by atoms with Crippen LogP contribution in [0.25, 0.3) is 0 Å². The number of amides is 2. The predicted octanol–water partition coefficient (Wildman–Crippen LogP) is 3.12. The summed E-state index contributed by atoms with van der Waals surface area (Å²) in [6, 6.07) is 17.8. The molecule has 1 N–H and O–H groups in total. The van der Waals surface area contributed by atoms with Gasteiger partial charge in [0.15, 0.2) is 0 Å². The smallest absolute Gasteiger partial charge is 0.245 e. The Bertz CT molecular complexity index is 901. The molecule has 0 radical (unpaired) electrons. The standard InChI is InChI=1S/C24H26N2O3/c1-2-22(27)26-14-12-24(13-15-26,19-9-4-3-5-10-19)23(28)25-21-17-29-16-18-8-6-7-11-20(18)21/h2-11,21H,1,12-17H2,(H,25,28). The van der Waals surface area contributed by atoms with Gasteiger partial charge in [0.05, 0.1) is 24.7 Å². The van der Waals surface area contributed by atoms with Crippen molar-refractivity contribution in [3.63, 3.8) is 0 Å². The number of nitrogens with one attached hydrogen (secondary N) is 1. The van der Waals surface area contributed by atoms with Crippen LogP contribution in [0.5, 0.6) is 0 Å². The van der Waals surface area contributed by atoms with E-state index in [1.165, 1.54) is 6.08 Å². The topological polar surface area (TPSA) is 58.6 Å². The van der Waals surface area contributed by atoms with E-state index < -0.39 is 5.41 Å². The summed E-state index contributed by atoms with van der Waals surface area (Å²) in [6.07, 6.45) is 2.50. The first-order valence-electron chi connectivity index (χ1n) is 10.1. The molecule has 1 fully saturated rings. The predicted molar refractivity (Wildman–Crippen MR) is 111 cm³/mol. The number of nitrogens with zero attached hydrogens (tertiary/aromatic N) is 1. The number of carbonyl (C=O) groups excluding carboxylic acids is 2. The number of rotatable bonds is 4. The van der Waals surface area contributed by atoms with Crippen LogP contribution >= 0.6 is 0 Å². The van der Waals surface area contributed by atoms with Gasteiger partial charge < -0.3 is 15.0 Å². The van der Waals surface area contributed by atoms with Crippen molar-refractivity contribution in [1.29, 1.82) is 0 Å². The van der Waals surface area contributed by atoms with Gasteiger partial charge in [0.2, 0.25) is 11.8 Å². The van der Waals surface area contributed by atoms with Gasteiger partial charge in [-0.05, 0) is 35.6 Å². The molecule has 29 heavy (non-hydrogen) atoms. The van der Waals surface area contributed by atoms with E-state index >= 15 is 0 Å². The zero-order valence-electron chi connectivity index (χ0n) is 16.5. The average Bonchev–Trinajstić information content (AvgIpc) is 2.79. The molecular weight excluding hydrogens is 364 g/mol. The molecular formula is C24H26N2O3. The molecule has 1 atom stereocenters. The number of piperidine rings is 1. The van der Waals surface area contributed by atoms with Crippen molar-refractivity contribution >= 4 is 11.8 Å². The SMILES string of the molecule is C=CC(=O)N1CCC(C(=O)NC2COCc3ccccc32)(c2ccccc2)CC1. The third kappa shape index (κ3) is 3.70. The van der Waals surface area contributed by atoms with E-state index in [4.69, 9.17) is 4.74 Å². The van der Waals surface area contributed by atoms with Gasteiger partial charge in [0, 0.05) is 13.1 Å². The molecule has 2 aliphatic heterocycles. The summed E-state index contributed by atoms with van der Waals surface area (Å²) < 4.78 is 5.72. The molecule has 2 aromatic carbocycles. The first-order valence-corrected chi connectivity index (χ1v) is 10.1. The van der Waals surface area contributed by atoms with E-state index in [9.17, 15) is 9.59 Å². The van der Waals surface area contributed by atoms with Gasteiger partial charge in [0.25, 0.3) is 0 Å². The molecule has 2 amide bonds. The molecule has 0 aromatic heterocycles. The Labute approximate surface area is 171 Å². The monoisotopic (exact) mass is 390 g/mol. The van der Waals surface area contributed by atoms with Crippen molar-refractivity contribution in [2.75, 3.05) is 19.7 Å². The maximum absolute atomic E-state index is 13.7. The number of carbonyl (C=O) groups is 2. The van der Waals surface area contributed by atoms with Gasteiger partial charge in [-0.2, -0.15) is 0 Å². The van der Waals surface area contributed by atoms with Crippen LogP contribution in [0.4, 0.5) is 0 Å². The summed E-state index contributed by atoms with van der Waals surface area (Å²) >= 11 is 0. The van der Waals surface area contributed by atoms with Crippen molar-refractivity contribution in [3.05, 3.63) is 83.9 Å². The van der Waals surface area contributed by atoms with Crippen molar-refractivity contribution in [1.82, 2.24) is 10.2 Å². The van der Waals surface area contributed by atoms with Crippen LogP contribution in [0.15, 0.2) is 67.3 Å². The second-order valence-corrected chi connectivity index (χ2v) is 7.72. The minimum absolute atomic E-state index is 0.000273. The summed E-state index contributed by atoms with van der Waals surface area (Å²) in [5, 5.41) is 3.25. The molecule has 5 heteroatoms. The number of benzene rings is 2. The number of likely N-dealkylation sites (tertiary alicyclic amines) is 1. The first-order chi connectivity index (χ1) is 14.1. The molecule has 1 unspecified atom stereocenters. The molecule has 150 valence electrons. The van der Waals surface area contributed by atoms with Gasteiger partial charge >= 0.3 is 0 Å². The van der Waals surface area contributed by atoms with E-state index in [0.717, 1.165) is 16.7 Å². The molecule has 2 heterocycles. The van der Waals surface area contributed by atoms with Crippen LogP contribution in [0.2, 0.25) is 0 Å². The minimum atomic E-state index is -0.661. The van der Waals surface area contributed by atoms with Crippen LogP contribution in [0.1, 0.15) is 35.6 Å². The highest BCUT2D eigenvalue weighted by Crippen LogP contribution is 2.37. The lowest BCUT2D eigenvalue weighted by Gasteiger charge is -2.42. The highest BCUT2D eigenvalue weighted by molar-refractivity contribution is 5.90. The van der Waals surface area contributed by atoms with Gasteiger partial charge in [0.1, 0.15) is 0 Å². The summed E-state index contributed by atoms with van der Waals surface area (Å²) in [4.78, 5) is 27.4. The fourth-order valence-corrected chi connectivity index (χ4v) is 4.44. The number of hydrogen-bond donors (Lipinski definition) is 1. The summed E-state index contributed by atoms with van der Waals surface area (Å²) in [6.45, 7) is 5.69. The van der Waals surface area contributed by atoms with Gasteiger partial charge in [-0.3, -0.25) is 9.59 Å². The third-order valence-corrected chi connectivity index (χ3v) is 6.14. The van der Waals surface area contributed by atoms with E-state index in [0.29, 0.717) is 39.1 Å². The van der Waals surface area contributed by atoms with Gasteiger partial charge in [-0.25, -0.2) is 0 Å². The summed E-state index contributed by atoms with van der Waals surface area (Å²) in [5.41, 5.74) is 2.57. The lowest BCUT2D eigenvalue weighted by Crippen LogP contribution is -2.53. The van der Waals surface area contributed by atoms with E-state index in [2.05, 4.69) is 18.0 Å². The van der Waals surface area contributed by atoms with E-state index in [1.54, 1.807) is 4.90 Å². The van der Waals surface area contributed by atoms with Crippen molar-refractivity contribution < 1.29 is 14.3 Å². The maximum Gasteiger partial charge on any atom is 0.245 e. The average molecular weight is 390 g/mol. The Morgan fingerprint density at radius 1 is 1.07 bits per heavy atom. The fourth-order valence-electron chi connectivity index (χ4n) is 4.44. The number of ether oxygens (including phenoxy) is 1. The molecule has 2 aromatic rings. The molecule has 1 saturated heterocycles. The summed E-state index contributed by atoms with van der Waals surface area (Å²) in [7, 11) is 0. The highest BCUT2D eigenvalue weighted by atomic mass is 16.5. The van der Waals surface area contributed by atoms with Crippen LogP contribution < -0.4 is 5.32 Å². The molecule has 0 spiro atoms.